The molecule has 0 aliphatic rings. The lowest BCUT2D eigenvalue weighted by molar-refractivity contribution is 0.102. The maximum absolute atomic E-state index is 12.4. The number of rotatable bonds is 5. The minimum Gasteiger partial charge on any atom is -0.298 e. The average Bonchev–Trinajstić information content (AvgIpc) is 3.10. The summed E-state index contributed by atoms with van der Waals surface area (Å²) in [6.45, 7) is 8.64. The van der Waals surface area contributed by atoms with E-state index < -0.39 is 0 Å². The van der Waals surface area contributed by atoms with Crippen LogP contribution in [0.2, 0.25) is 0 Å². The van der Waals surface area contributed by atoms with Gasteiger partial charge in [-0.05, 0) is 35.1 Å². The van der Waals surface area contributed by atoms with E-state index in [2.05, 4.69) is 62.3 Å². The predicted octanol–water partition coefficient (Wildman–Crippen LogP) is 6.31. The van der Waals surface area contributed by atoms with Gasteiger partial charge in [0.2, 0.25) is 0 Å². The first-order chi connectivity index (χ1) is 12.4. The number of aromatic nitrogens is 1. The maximum atomic E-state index is 12.4. The number of hydrogen-bond donors (Lipinski definition) is 1. The SMILES string of the molecule is CC(C)c1ccc(C(=O)Nc2nc(-c3ccc(C(C)C)cc3)cs2)cc1. The fourth-order valence-electron chi connectivity index (χ4n) is 2.69. The molecule has 1 N–H and O–H groups in total. The van der Waals surface area contributed by atoms with Crippen LogP contribution >= 0.6 is 11.3 Å². The van der Waals surface area contributed by atoms with Gasteiger partial charge in [-0.25, -0.2) is 4.98 Å². The van der Waals surface area contributed by atoms with Gasteiger partial charge in [0, 0.05) is 16.5 Å². The van der Waals surface area contributed by atoms with Crippen molar-refractivity contribution in [3.8, 4) is 11.3 Å². The second-order valence-electron chi connectivity index (χ2n) is 7.05. The van der Waals surface area contributed by atoms with Crippen LogP contribution in [0.15, 0.2) is 53.9 Å². The van der Waals surface area contributed by atoms with Crippen LogP contribution in [0.4, 0.5) is 5.13 Å². The molecule has 1 heterocycles. The third kappa shape index (κ3) is 4.20. The first-order valence-electron chi connectivity index (χ1n) is 8.91. The molecule has 3 aromatic rings. The molecule has 1 amide bonds. The number of nitrogens with zero attached hydrogens (tertiary/aromatic N) is 1. The normalized spacial score (nSPS) is 11.2. The summed E-state index contributed by atoms with van der Waals surface area (Å²) in [7, 11) is 0. The third-order valence-corrected chi connectivity index (χ3v) is 5.20. The summed E-state index contributed by atoms with van der Waals surface area (Å²) in [6, 6.07) is 16.2. The lowest BCUT2D eigenvalue weighted by atomic mass is 10.0. The van der Waals surface area contributed by atoms with Crippen molar-refractivity contribution < 1.29 is 4.79 Å². The van der Waals surface area contributed by atoms with Crippen molar-refractivity contribution in [3.63, 3.8) is 0 Å². The van der Waals surface area contributed by atoms with Crippen molar-refractivity contribution in [3.05, 3.63) is 70.6 Å². The molecule has 3 nitrogen and oxygen atoms in total. The van der Waals surface area contributed by atoms with E-state index in [9.17, 15) is 4.79 Å². The highest BCUT2D eigenvalue weighted by Crippen LogP contribution is 2.27. The number of thiazole rings is 1. The summed E-state index contributed by atoms with van der Waals surface area (Å²) in [5.41, 5.74) is 5.13. The highest BCUT2D eigenvalue weighted by atomic mass is 32.1. The number of anilines is 1. The lowest BCUT2D eigenvalue weighted by Gasteiger charge is -2.07. The molecule has 0 aliphatic carbocycles. The van der Waals surface area contributed by atoms with Crippen molar-refractivity contribution in [1.82, 2.24) is 4.98 Å². The van der Waals surface area contributed by atoms with Crippen molar-refractivity contribution in [1.29, 1.82) is 0 Å². The van der Waals surface area contributed by atoms with E-state index >= 15 is 0 Å². The molecular weight excluding hydrogens is 340 g/mol. The van der Waals surface area contributed by atoms with Gasteiger partial charge in [-0.3, -0.25) is 10.1 Å². The zero-order chi connectivity index (χ0) is 18.7. The molecule has 0 bridgehead atoms. The first kappa shape index (κ1) is 18.3. The molecule has 0 fully saturated rings. The Balaban J connectivity index is 1.70. The zero-order valence-corrected chi connectivity index (χ0v) is 16.4. The number of carbonyl (C=O) groups is 1. The molecule has 0 atom stereocenters. The van der Waals surface area contributed by atoms with Crippen molar-refractivity contribution in [2.45, 2.75) is 39.5 Å². The molecule has 0 unspecified atom stereocenters. The van der Waals surface area contributed by atoms with Crippen molar-refractivity contribution >= 4 is 22.4 Å². The molecule has 3 rings (SSSR count). The minimum atomic E-state index is -0.128. The number of nitrogens with one attached hydrogen (secondary N) is 1. The van der Waals surface area contributed by atoms with Crippen LogP contribution in [0.1, 0.15) is 61.0 Å². The number of hydrogen-bond acceptors (Lipinski definition) is 3. The van der Waals surface area contributed by atoms with Gasteiger partial charge in [0.15, 0.2) is 5.13 Å². The number of amides is 1. The van der Waals surface area contributed by atoms with Gasteiger partial charge >= 0.3 is 0 Å². The molecule has 4 heteroatoms. The number of carbonyl (C=O) groups excluding carboxylic acids is 1. The summed E-state index contributed by atoms with van der Waals surface area (Å²) >= 11 is 1.44. The van der Waals surface area contributed by atoms with E-state index in [4.69, 9.17) is 0 Å². The molecule has 0 spiro atoms. The van der Waals surface area contributed by atoms with Crippen LogP contribution in [-0.2, 0) is 0 Å². The topological polar surface area (TPSA) is 42.0 Å². The molecule has 0 aliphatic heterocycles. The fraction of sp³-hybridized carbons (Fsp3) is 0.273. The van der Waals surface area contributed by atoms with Crippen molar-refractivity contribution in [2.24, 2.45) is 0 Å². The van der Waals surface area contributed by atoms with E-state index in [1.807, 2.05) is 29.6 Å². The highest BCUT2D eigenvalue weighted by molar-refractivity contribution is 7.14. The molecule has 2 aromatic carbocycles. The van der Waals surface area contributed by atoms with E-state index in [0.29, 0.717) is 22.5 Å². The molecule has 1 aromatic heterocycles. The van der Waals surface area contributed by atoms with Crippen LogP contribution in [0.5, 0.6) is 0 Å². The summed E-state index contributed by atoms with van der Waals surface area (Å²) in [6.07, 6.45) is 0. The van der Waals surface area contributed by atoms with E-state index in [1.54, 1.807) is 0 Å². The summed E-state index contributed by atoms with van der Waals surface area (Å²) in [5, 5.41) is 5.49. The fourth-order valence-corrected chi connectivity index (χ4v) is 3.41. The Morgan fingerprint density at radius 2 is 1.42 bits per heavy atom. The van der Waals surface area contributed by atoms with Gasteiger partial charge in [0.1, 0.15) is 0 Å². The Morgan fingerprint density at radius 1 is 0.885 bits per heavy atom. The Labute approximate surface area is 159 Å². The summed E-state index contributed by atoms with van der Waals surface area (Å²) in [4.78, 5) is 17.0. The van der Waals surface area contributed by atoms with Crippen LogP contribution in [0, 0.1) is 0 Å². The molecule has 0 saturated carbocycles. The second kappa shape index (κ2) is 7.83. The van der Waals surface area contributed by atoms with E-state index in [-0.39, 0.29) is 5.91 Å². The van der Waals surface area contributed by atoms with Gasteiger partial charge in [-0.2, -0.15) is 0 Å². The molecule has 26 heavy (non-hydrogen) atoms. The van der Waals surface area contributed by atoms with Crippen LogP contribution in [-0.4, -0.2) is 10.9 Å². The first-order valence-corrected chi connectivity index (χ1v) is 9.79. The quantitative estimate of drug-likeness (QED) is 0.576. The zero-order valence-electron chi connectivity index (χ0n) is 15.6. The summed E-state index contributed by atoms with van der Waals surface area (Å²) < 4.78 is 0. The number of benzene rings is 2. The lowest BCUT2D eigenvalue weighted by Crippen LogP contribution is -2.11. The van der Waals surface area contributed by atoms with Crippen molar-refractivity contribution in [2.75, 3.05) is 5.32 Å². The smallest absolute Gasteiger partial charge is 0.257 e. The summed E-state index contributed by atoms with van der Waals surface area (Å²) in [5.74, 6) is 0.837. The van der Waals surface area contributed by atoms with Gasteiger partial charge in [0.25, 0.3) is 5.91 Å². The van der Waals surface area contributed by atoms with Crippen LogP contribution in [0.3, 0.4) is 0 Å². The Kier molecular flexibility index (Phi) is 5.52. The second-order valence-corrected chi connectivity index (χ2v) is 7.90. The maximum Gasteiger partial charge on any atom is 0.257 e. The molecular formula is C22H24N2OS. The van der Waals surface area contributed by atoms with Crippen LogP contribution in [0.25, 0.3) is 11.3 Å². The largest absolute Gasteiger partial charge is 0.298 e. The monoisotopic (exact) mass is 364 g/mol. The van der Waals surface area contributed by atoms with Gasteiger partial charge in [-0.1, -0.05) is 64.1 Å². The average molecular weight is 365 g/mol. The Bertz CT molecular complexity index is 877. The predicted molar refractivity (Wildman–Crippen MR) is 110 cm³/mol. The molecule has 134 valence electrons. The minimum absolute atomic E-state index is 0.128. The molecule has 0 saturated heterocycles. The van der Waals surface area contributed by atoms with E-state index in [0.717, 1.165) is 11.3 Å². The highest BCUT2D eigenvalue weighted by Gasteiger charge is 2.11. The molecule has 0 radical (unpaired) electrons. The standard InChI is InChI=1S/C22H24N2OS/c1-14(2)16-5-9-18(10-6-16)20-13-26-22(23-20)24-21(25)19-11-7-17(8-12-19)15(3)4/h5-15H,1-4H3,(H,23,24,25). The van der Waals surface area contributed by atoms with Gasteiger partial charge in [-0.15, -0.1) is 11.3 Å². The van der Waals surface area contributed by atoms with Crippen LogP contribution < -0.4 is 5.32 Å². The Morgan fingerprint density at radius 3 is 1.96 bits per heavy atom. The van der Waals surface area contributed by atoms with E-state index in [1.165, 1.54) is 22.5 Å². The van der Waals surface area contributed by atoms with Gasteiger partial charge in [0.05, 0.1) is 5.69 Å². The van der Waals surface area contributed by atoms with Gasteiger partial charge < -0.3 is 0 Å². The Hall–Kier alpha value is -2.46. The third-order valence-electron chi connectivity index (χ3n) is 4.44.